The molecule has 2 aliphatic rings. The van der Waals surface area contributed by atoms with Crippen molar-refractivity contribution in [1.29, 1.82) is 0 Å². The Labute approximate surface area is 183 Å². The van der Waals surface area contributed by atoms with Gasteiger partial charge in [0.05, 0.1) is 0 Å². The third-order valence-corrected chi connectivity index (χ3v) is 6.81. The number of carbonyl (C=O) groups excluding carboxylic acids is 4. The van der Waals surface area contributed by atoms with E-state index in [9.17, 15) is 19.2 Å². The number of nitrogens with one attached hydrogen (secondary N) is 1. The van der Waals surface area contributed by atoms with Gasteiger partial charge in [0.1, 0.15) is 17.6 Å². The maximum absolute atomic E-state index is 13.6. The number of primary amides is 1. The number of carbonyl (C=O) groups is 4. The Kier molecular flexibility index (Phi) is 8.58. The van der Waals surface area contributed by atoms with Crippen LogP contribution in [0.3, 0.4) is 0 Å². The minimum absolute atomic E-state index is 0.0987. The van der Waals surface area contributed by atoms with E-state index in [1.807, 2.05) is 20.1 Å². The fourth-order valence-corrected chi connectivity index (χ4v) is 5.22. The van der Waals surface area contributed by atoms with Crippen molar-refractivity contribution >= 4 is 35.4 Å². The molecule has 0 aromatic carbocycles. The van der Waals surface area contributed by atoms with Gasteiger partial charge in [-0.3, -0.25) is 19.2 Å². The molecule has 8 nitrogen and oxygen atoms in total. The Morgan fingerprint density at radius 3 is 2.37 bits per heavy atom. The van der Waals surface area contributed by atoms with E-state index in [1.54, 1.807) is 21.6 Å². The quantitative estimate of drug-likeness (QED) is 0.558. The summed E-state index contributed by atoms with van der Waals surface area (Å²) in [5.74, 6) is -0.271. The normalized spacial score (nSPS) is 23.7. The van der Waals surface area contributed by atoms with Crippen molar-refractivity contribution in [2.45, 2.75) is 76.9 Å². The predicted octanol–water partition coefficient (Wildman–Crippen LogP) is 1.13. The molecule has 0 bridgehead atoms. The summed E-state index contributed by atoms with van der Waals surface area (Å²) in [5.41, 5.74) is 4.66. The van der Waals surface area contributed by atoms with Crippen molar-refractivity contribution in [3.05, 3.63) is 0 Å². The second-order valence-corrected chi connectivity index (χ2v) is 9.78. The van der Waals surface area contributed by atoms with E-state index in [1.165, 1.54) is 6.92 Å². The van der Waals surface area contributed by atoms with Crippen LogP contribution in [-0.4, -0.2) is 76.1 Å². The first-order valence-electron chi connectivity index (χ1n) is 10.8. The monoisotopic (exact) mass is 440 g/mol. The van der Waals surface area contributed by atoms with E-state index in [0.29, 0.717) is 44.5 Å². The zero-order valence-corrected chi connectivity index (χ0v) is 19.4. The molecule has 2 rings (SSSR count). The number of hydrogen-bond acceptors (Lipinski definition) is 5. The molecule has 4 amide bonds. The number of piperidine rings is 1. The van der Waals surface area contributed by atoms with E-state index in [-0.39, 0.29) is 23.6 Å². The van der Waals surface area contributed by atoms with Crippen LogP contribution >= 0.6 is 11.8 Å². The zero-order chi connectivity index (χ0) is 22.5. The topological polar surface area (TPSA) is 113 Å². The summed E-state index contributed by atoms with van der Waals surface area (Å²) >= 11 is 1.58. The maximum atomic E-state index is 13.6. The first kappa shape index (κ1) is 24.5. The lowest BCUT2D eigenvalue weighted by atomic mass is 9.83. The Balaban J connectivity index is 2.27. The van der Waals surface area contributed by atoms with Gasteiger partial charge in [-0.15, -0.1) is 0 Å². The lowest BCUT2D eigenvalue weighted by Gasteiger charge is -2.46. The third kappa shape index (κ3) is 5.28. The van der Waals surface area contributed by atoms with Crippen LogP contribution in [0, 0.1) is 5.92 Å². The maximum Gasteiger partial charge on any atom is 0.249 e. The lowest BCUT2D eigenvalue weighted by Crippen LogP contribution is -2.65. The Morgan fingerprint density at radius 1 is 1.20 bits per heavy atom. The van der Waals surface area contributed by atoms with Gasteiger partial charge >= 0.3 is 0 Å². The highest BCUT2D eigenvalue weighted by Gasteiger charge is 2.53. The Hall–Kier alpha value is -1.77. The van der Waals surface area contributed by atoms with Crippen LogP contribution in [0.1, 0.15) is 59.3 Å². The van der Waals surface area contributed by atoms with Crippen LogP contribution in [0.5, 0.6) is 0 Å². The molecular formula is C21H36N4O4S. The van der Waals surface area contributed by atoms with Crippen LogP contribution in [-0.2, 0) is 19.2 Å². The minimum Gasteiger partial charge on any atom is -0.368 e. The number of thioether (sulfide) groups is 1. The molecule has 170 valence electrons. The highest BCUT2D eigenvalue weighted by atomic mass is 32.2. The predicted molar refractivity (Wildman–Crippen MR) is 118 cm³/mol. The molecule has 0 aromatic rings. The summed E-state index contributed by atoms with van der Waals surface area (Å²) in [4.78, 5) is 54.2. The summed E-state index contributed by atoms with van der Waals surface area (Å²) in [6, 6.07) is -1.44. The molecule has 1 spiro atoms. The van der Waals surface area contributed by atoms with Crippen LogP contribution in [0.2, 0.25) is 0 Å². The van der Waals surface area contributed by atoms with Crippen molar-refractivity contribution in [3.8, 4) is 0 Å². The molecule has 2 heterocycles. The molecular weight excluding hydrogens is 404 g/mol. The van der Waals surface area contributed by atoms with Gasteiger partial charge < -0.3 is 20.9 Å². The molecule has 2 fully saturated rings. The molecule has 30 heavy (non-hydrogen) atoms. The van der Waals surface area contributed by atoms with Crippen LogP contribution in [0.4, 0.5) is 0 Å². The molecule has 0 saturated carbocycles. The number of nitrogens with zero attached hydrogens (tertiary/aromatic N) is 2. The highest BCUT2D eigenvalue weighted by Crippen LogP contribution is 2.39. The summed E-state index contributed by atoms with van der Waals surface area (Å²) in [6.07, 6.45) is 5.66. The standard InChI is InChI=1S/C21H36N4O4S/c1-14(2)13-17(19(28)23-16(18(22)27)7-12-30-4)24-10-5-8-21(20(24)29)9-6-11-25(21)15(3)26/h14,16-17H,5-13H2,1-4H3,(H2,22,27)(H,23,28)/t16-,17+,21-/m0/s1. The minimum atomic E-state index is -0.832. The highest BCUT2D eigenvalue weighted by molar-refractivity contribution is 7.98. The van der Waals surface area contributed by atoms with Crippen LogP contribution < -0.4 is 11.1 Å². The Bertz CT molecular complexity index is 671. The smallest absolute Gasteiger partial charge is 0.249 e. The molecule has 2 aliphatic heterocycles. The lowest BCUT2D eigenvalue weighted by molar-refractivity contribution is -0.159. The van der Waals surface area contributed by atoms with E-state index in [4.69, 9.17) is 5.73 Å². The SMILES string of the molecule is CSCC[C@H](NC(=O)[C@@H](CC(C)C)N1CCC[C@]2(CCCN2C(C)=O)C1=O)C(N)=O. The second-order valence-electron chi connectivity index (χ2n) is 8.80. The summed E-state index contributed by atoms with van der Waals surface area (Å²) < 4.78 is 0. The number of likely N-dealkylation sites (tertiary alicyclic amines) is 2. The van der Waals surface area contributed by atoms with E-state index in [2.05, 4.69) is 5.32 Å². The van der Waals surface area contributed by atoms with Crippen molar-refractivity contribution in [2.75, 3.05) is 25.1 Å². The molecule has 0 aliphatic carbocycles. The van der Waals surface area contributed by atoms with Crippen molar-refractivity contribution < 1.29 is 19.2 Å². The van der Waals surface area contributed by atoms with Crippen LogP contribution in [0.15, 0.2) is 0 Å². The molecule has 0 radical (unpaired) electrons. The first-order valence-corrected chi connectivity index (χ1v) is 12.2. The van der Waals surface area contributed by atoms with Gasteiger partial charge in [-0.1, -0.05) is 13.8 Å². The van der Waals surface area contributed by atoms with Gasteiger partial charge in [0.15, 0.2) is 0 Å². The largest absolute Gasteiger partial charge is 0.368 e. The average molecular weight is 441 g/mol. The van der Waals surface area contributed by atoms with Gasteiger partial charge in [-0.25, -0.2) is 0 Å². The summed E-state index contributed by atoms with van der Waals surface area (Å²) in [5, 5.41) is 2.79. The van der Waals surface area contributed by atoms with Crippen molar-refractivity contribution in [2.24, 2.45) is 11.7 Å². The average Bonchev–Trinajstić information content (AvgIpc) is 3.10. The van der Waals surface area contributed by atoms with Gasteiger partial charge in [0.25, 0.3) is 0 Å². The second kappa shape index (κ2) is 10.5. The number of amides is 4. The van der Waals surface area contributed by atoms with E-state index >= 15 is 0 Å². The fraction of sp³-hybridized carbons (Fsp3) is 0.810. The van der Waals surface area contributed by atoms with E-state index in [0.717, 1.165) is 12.8 Å². The third-order valence-electron chi connectivity index (χ3n) is 6.16. The first-order chi connectivity index (χ1) is 14.1. The molecule has 0 unspecified atom stereocenters. The molecule has 0 aromatic heterocycles. The number of rotatable bonds is 9. The summed E-state index contributed by atoms with van der Waals surface area (Å²) in [7, 11) is 0. The van der Waals surface area contributed by atoms with Crippen molar-refractivity contribution in [1.82, 2.24) is 15.1 Å². The number of nitrogens with two attached hydrogens (primary N) is 1. The molecule has 9 heteroatoms. The fourth-order valence-electron chi connectivity index (χ4n) is 4.75. The van der Waals surface area contributed by atoms with Crippen molar-refractivity contribution in [3.63, 3.8) is 0 Å². The molecule has 2 saturated heterocycles. The van der Waals surface area contributed by atoms with Gasteiger partial charge in [-0.05, 0) is 56.5 Å². The van der Waals surface area contributed by atoms with Crippen LogP contribution in [0.25, 0.3) is 0 Å². The Morgan fingerprint density at radius 2 is 1.83 bits per heavy atom. The van der Waals surface area contributed by atoms with Gasteiger partial charge in [0, 0.05) is 20.0 Å². The molecule has 3 N–H and O–H groups in total. The summed E-state index contributed by atoms with van der Waals surface area (Å²) in [6.45, 7) is 6.56. The van der Waals surface area contributed by atoms with E-state index < -0.39 is 23.5 Å². The molecule has 3 atom stereocenters. The van der Waals surface area contributed by atoms with Gasteiger partial charge in [0.2, 0.25) is 23.6 Å². The number of hydrogen-bond donors (Lipinski definition) is 2. The van der Waals surface area contributed by atoms with Gasteiger partial charge in [-0.2, -0.15) is 11.8 Å². The zero-order valence-electron chi connectivity index (χ0n) is 18.6.